The van der Waals surface area contributed by atoms with Gasteiger partial charge in [0, 0.05) is 24.2 Å². The quantitative estimate of drug-likeness (QED) is 0.554. The smallest absolute Gasteiger partial charge is 0.251 e. The van der Waals surface area contributed by atoms with Crippen molar-refractivity contribution in [1.82, 2.24) is 15.5 Å². The molecule has 0 saturated carbocycles. The summed E-state index contributed by atoms with van der Waals surface area (Å²) >= 11 is 0. The van der Waals surface area contributed by atoms with Crippen molar-refractivity contribution in [3.05, 3.63) is 59.2 Å². The molecule has 0 aliphatic rings. The van der Waals surface area contributed by atoms with E-state index >= 15 is 0 Å². The lowest BCUT2D eigenvalue weighted by Crippen LogP contribution is -2.26. The average Bonchev–Trinajstić information content (AvgIpc) is 2.76. The van der Waals surface area contributed by atoms with Gasteiger partial charge >= 0.3 is 0 Å². The van der Waals surface area contributed by atoms with Crippen LogP contribution in [0.4, 0.5) is 0 Å². The molecule has 0 unspecified atom stereocenters. The molecule has 0 aliphatic carbocycles. The van der Waals surface area contributed by atoms with Gasteiger partial charge in [0.05, 0.1) is 14.2 Å². The van der Waals surface area contributed by atoms with Crippen LogP contribution < -0.4 is 20.1 Å². The number of hydrogen-bond acceptors (Lipinski definition) is 5. The summed E-state index contributed by atoms with van der Waals surface area (Å²) in [5.41, 5.74) is 1.91. The number of rotatable bonds is 11. The minimum atomic E-state index is -0.230. The third kappa shape index (κ3) is 7.08. The fourth-order valence-corrected chi connectivity index (χ4v) is 2.94. The number of carbonyl (C=O) groups is 2. The molecule has 162 valence electrons. The number of carbonyl (C=O) groups excluding carboxylic acids is 2. The minimum Gasteiger partial charge on any atom is -0.493 e. The number of methoxy groups -OCH3 is 2. The fraction of sp³-hybridized carbons (Fsp3) is 0.391. The molecule has 0 radical (unpaired) electrons. The van der Waals surface area contributed by atoms with Crippen LogP contribution >= 0.6 is 0 Å². The Morgan fingerprint density at radius 3 is 2.27 bits per heavy atom. The molecule has 0 heterocycles. The van der Waals surface area contributed by atoms with Gasteiger partial charge in [0.1, 0.15) is 0 Å². The molecule has 0 atom stereocenters. The van der Waals surface area contributed by atoms with Crippen LogP contribution in [0.2, 0.25) is 0 Å². The van der Waals surface area contributed by atoms with E-state index in [0.29, 0.717) is 35.7 Å². The molecule has 0 spiro atoms. The van der Waals surface area contributed by atoms with Crippen LogP contribution in [0.1, 0.15) is 39.1 Å². The molecular formula is C23H31N3O4. The van der Waals surface area contributed by atoms with E-state index in [4.69, 9.17) is 9.47 Å². The molecule has 2 rings (SSSR count). The summed E-state index contributed by atoms with van der Waals surface area (Å²) in [5.74, 6) is 0.725. The lowest BCUT2D eigenvalue weighted by molar-refractivity contribution is 0.0945. The number of ether oxygens (including phenoxy) is 2. The molecule has 2 aromatic rings. The second kappa shape index (κ2) is 11.8. The summed E-state index contributed by atoms with van der Waals surface area (Å²) in [5, 5.41) is 5.81. The molecule has 0 aromatic heterocycles. The van der Waals surface area contributed by atoms with E-state index in [2.05, 4.69) is 15.5 Å². The predicted molar refractivity (Wildman–Crippen MR) is 117 cm³/mol. The van der Waals surface area contributed by atoms with Crippen LogP contribution in [0, 0.1) is 0 Å². The van der Waals surface area contributed by atoms with Crippen molar-refractivity contribution in [2.24, 2.45) is 0 Å². The van der Waals surface area contributed by atoms with Crippen molar-refractivity contribution >= 4 is 11.8 Å². The van der Waals surface area contributed by atoms with Gasteiger partial charge in [0.2, 0.25) is 0 Å². The second-order valence-corrected chi connectivity index (χ2v) is 7.22. The molecule has 30 heavy (non-hydrogen) atoms. The number of unbranched alkanes of at least 4 members (excludes halogenated alkanes) is 1. The normalized spacial score (nSPS) is 10.6. The van der Waals surface area contributed by atoms with Crippen molar-refractivity contribution < 1.29 is 19.1 Å². The number of benzene rings is 2. The predicted octanol–water partition coefficient (Wildman–Crippen LogP) is 2.71. The highest BCUT2D eigenvalue weighted by atomic mass is 16.5. The largest absolute Gasteiger partial charge is 0.493 e. The van der Waals surface area contributed by atoms with Gasteiger partial charge in [0.15, 0.2) is 11.5 Å². The summed E-state index contributed by atoms with van der Waals surface area (Å²) in [6.45, 7) is 1.97. The van der Waals surface area contributed by atoms with Gasteiger partial charge in [0.25, 0.3) is 11.8 Å². The summed E-state index contributed by atoms with van der Waals surface area (Å²) in [7, 11) is 7.14. The number of nitrogens with one attached hydrogen (secondary N) is 2. The molecular weight excluding hydrogens is 382 g/mol. The summed E-state index contributed by atoms with van der Waals surface area (Å²) in [4.78, 5) is 26.9. The van der Waals surface area contributed by atoms with E-state index in [0.717, 1.165) is 24.9 Å². The van der Waals surface area contributed by atoms with Gasteiger partial charge in [-0.1, -0.05) is 12.1 Å². The Hall–Kier alpha value is -3.06. The topological polar surface area (TPSA) is 79.9 Å². The van der Waals surface area contributed by atoms with Gasteiger partial charge in [-0.05, 0) is 69.4 Å². The zero-order chi connectivity index (χ0) is 21.9. The minimum absolute atomic E-state index is 0.104. The molecule has 2 amide bonds. The first kappa shape index (κ1) is 23.2. The lowest BCUT2D eigenvalue weighted by atomic mass is 10.1. The van der Waals surface area contributed by atoms with Crippen molar-refractivity contribution in [2.75, 3.05) is 41.4 Å². The Morgan fingerprint density at radius 1 is 0.867 bits per heavy atom. The molecule has 2 aromatic carbocycles. The van der Waals surface area contributed by atoms with Gasteiger partial charge in [-0.25, -0.2) is 0 Å². The standard InChI is InChI=1S/C23H31N3O4/c1-26(2)13-6-5-12-24-22(27)18-9-7-8-17(14-18)16-25-23(28)19-10-11-20(29-3)21(15-19)30-4/h7-11,14-15H,5-6,12-13,16H2,1-4H3,(H,24,27)(H,25,28). The van der Waals surface area contributed by atoms with Crippen molar-refractivity contribution in [1.29, 1.82) is 0 Å². The van der Waals surface area contributed by atoms with Gasteiger partial charge in [-0.2, -0.15) is 0 Å². The van der Waals surface area contributed by atoms with Crippen molar-refractivity contribution in [2.45, 2.75) is 19.4 Å². The Morgan fingerprint density at radius 2 is 1.57 bits per heavy atom. The lowest BCUT2D eigenvalue weighted by Gasteiger charge is -2.11. The van der Waals surface area contributed by atoms with Crippen LogP contribution in [0.15, 0.2) is 42.5 Å². The Labute approximate surface area is 178 Å². The van der Waals surface area contributed by atoms with E-state index in [1.54, 1.807) is 37.4 Å². The third-order valence-corrected chi connectivity index (χ3v) is 4.61. The molecule has 0 bridgehead atoms. The van der Waals surface area contributed by atoms with Crippen molar-refractivity contribution in [3.63, 3.8) is 0 Å². The molecule has 7 nitrogen and oxygen atoms in total. The number of nitrogens with zero attached hydrogens (tertiary/aromatic N) is 1. The third-order valence-electron chi connectivity index (χ3n) is 4.61. The van der Waals surface area contributed by atoms with Crippen LogP contribution in [-0.4, -0.2) is 58.1 Å². The molecule has 0 fully saturated rings. The Kier molecular flexibility index (Phi) is 9.15. The van der Waals surface area contributed by atoms with Crippen LogP contribution in [0.5, 0.6) is 11.5 Å². The monoisotopic (exact) mass is 413 g/mol. The number of hydrogen-bond donors (Lipinski definition) is 2. The van der Waals surface area contributed by atoms with Crippen molar-refractivity contribution in [3.8, 4) is 11.5 Å². The molecule has 0 saturated heterocycles. The van der Waals surface area contributed by atoms with E-state index in [9.17, 15) is 9.59 Å². The molecule has 2 N–H and O–H groups in total. The van der Waals surface area contributed by atoms with E-state index in [1.807, 2.05) is 26.2 Å². The van der Waals surface area contributed by atoms with E-state index < -0.39 is 0 Å². The van der Waals surface area contributed by atoms with E-state index in [1.165, 1.54) is 7.11 Å². The van der Waals surface area contributed by atoms with Crippen LogP contribution in [0.3, 0.4) is 0 Å². The van der Waals surface area contributed by atoms with E-state index in [-0.39, 0.29) is 11.8 Å². The van der Waals surface area contributed by atoms with Gasteiger partial charge in [-0.15, -0.1) is 0 Å². The first-order valence-electron chi connectivity index (χ1n) is 9.96. The first-order valence-corrected chi connectivity index (χ1v) is 9.96. The maximum atomic E-state index is 12.5. The first-order chi connectivity index (χ1) is 14.4. The second-order valence-electron chi connectivity index (χ2n) is 7.22. The average molecular weight is 414 g/mol. The highest BCUT2D eigenvalue weighted by Crippen LogP contribution is 2.27. The summed E-state index contributed by atoms with van der Waals surface area (Å²) < 4.78 is 10.4. The van der Waals surface area contributed by atoms with Gasteiger partial charge < -0.3 is 25.0 Å². The fourth-order valence-electron chi connectivity index (χ4n) is 2.94. The number of amides is 2. The zero-order valence-corrected chi connectivity index (χ0v) is 18.2. The molecule has 7 heteroatoms. The maximum Gasteiger partial charge on any atom is 0.251 e. The molecule has 0 aliphatic heterocycles. The summed E-state index contributed by atoms with van der Waals surface area (Å²) in [6, 6.07) is 12.3. The highest BCUT2D eigenvalue weighted by Gasteiger charge is 2.11. The maximum absolute atomic E-state index is 12.5. The Balaban J connectivity index is 1.89. The highest BCUT2D eigenvalue weighted by molar-refractivity contribution is 5.95. The zero-order valence-electron chi connectivity index (χ0n) is 18.2. The van der Waals surface area contributed by atoms with Crippen LogP contribution in [0.25, 0.3) is 0 Å². The summed E-state index contributed by atoms with van der Waals surface area (Å²) in [6.07, 6.45) is 1.97. The van der Waals surface area contributed by atoms with Gasteiger partial charge in [-0.3, -0.25) is 9.59 Å². The Bertz CT molecular complexity index is 852. The SMILES string of the molecule is COc1ccc(C(=O)NCc2cccc(C(=O)NCCCCN(C)C)c2)cc1OC. The van der Waals surface area contributed by atoms with Crippen LogP contribution in [-0.2, 0) is 6.54 Å².